The highest BCUT2D eigenvalue weighted by atomic mass is 19.1. The number of hydrogen-bond donors (Lipinski definition) is 0. The van der Waals surface area contributed by atoms with Gasteiger partial charge in [-0.05, 0) is 58.6 Å². The fourth-order valence-corrected chi connectivity index (χ4v) is 6.48. The molecule has 0 amide bonds. The quantitative estimate of drug-likeness (QED) is 0.201. The normalized spacial score (nSPS) is 12.0. The Morgan fingerprint density at radius 1 is 0.395 bits per heavy atom. The van der Waals surface area contributed by atoms with E-state index < -0.39 is 0 Å². The third-order valence-corrected chi connectivity index (χ3v) is 8.35. The molecule has 2 heterocycles. The number of halogens is 2. The highest BCUT2D eigenvalue weighted by molar-refractivity contribution is 6.19. The molecule has 0 bridgehead atoms. The van der Waals surface area contributed by atoms with Crippen molar-refractivity contribution in [3.05, 3.63) is 139 Å². The molecule has 7 aromatic carbocycles. The number of nitrogens with zero attached hydrogens (tertiary/aromatic N) is 1. The molecule has 0 N–H and O–H groups in total. The standard InChI is InChI=1S/C38H21F2NO2/c39-23-15-17-28-30-11-5-13-32(37(30)42-35(28)20-23)41(33-14-6-12-31-29-18-16-24(40)21-36(29)43-38(31)33)34-19-22-7-1-2-8-25(22)26-9-3-4-10-27(26)34/h1-21H. The molecule has 43 heavy (non-hydrogen) atoms. The Morgan fingerprint density at radius 2 is 0.907 bits per heavy atom. The van der Waals surface area contributed by atoms with Gasteiger partial charge in [-0.1, -0.05) is 72.8 Å². The highest BCUT2D eigenvalue weighted by Gasteiger charge is 2.25. The van der Waals surface area contributed by atoms with E-state index in [0.717, 1.165) is 60.2 Å². The molecule has 0 radical (unpaired) electrons. The fourth-order valence-electron chi connectivity index (χ4n) is 6.48. The summed E-state index contributed by atoms with van der Waals surface area (Å²) in [4.78, 5) is 2.15. The number of para-hydroxylation sites is 2. The van der Waals surface area contributed by atoms with Gasteiger partial charge >= 0.3 is 0 Å². The first-order valence-corrected chi connectivity index (χ1v) is 14.1. The van der Waals surface area contributed by atoms with Gasteiger partial charge in [0.2, 0.25) is 0 Å². The summed E-state index contributed by atoms with van der Waals surface area (Å²) >= 11 is 0. The van der Waals surface area contributed by atoms with Crippen molar-refractivity contribution >= 4 is 82.5 Å². The second kappa shape index (κ2) is 8.91. The summed E-state index contributed by atoms with van der Waals surface area (Å²) in [5.74, 6) is -0.713. The summed E-state index contributed by atoms with van der Waals surface area (Å²) in [5.41, 5.74) is 4.67. The Hall–Kier alpha value is -5.68. The van der Waals surface area contributed by atoms with Crippen LogP contribution in [0.4, 0.5) is 25.8 Å². The maximum Gasteiger partial charge on any atom is 0.159 e. The van der Waals surface area contributed by atoms with E-state index in [1.807, 2.05) is 54.6 Å². The largest absolute Gasteiger partial charge is 0.454 e. The molecular weight excluding hydrogens is 540 g/mol. The molecule has 204 valence electrons. The fraction of sp³-hybridized carbons (Fsp3) is 0. The van der Waals surface area contributed by atoms with Crippen LogP contribution in [-0.2, 0) is 0 Å². The van der Waals surface area contributed by atoms with Gasteiger partial charge in [-0.15, -0.1) is 0 Å². The zero-order valence-corrected chi connectivity index (χ0v) is 22.6. The predicted molar refractivity (Wildman–Crippen MR) is 171 cm³/mol. The average Bonchev–Trinajstić information content (AvgIpc) is 3.59. The van der Waals surface area contributed by atoms with Crippen molar-refractivity contribution in [2.75, 3.05) is 4.90 Å². The van der Waals surface area contributed by atoms with Gasteiger partial charge in [-0.2, -0.15) is 0 Å². The third kappa shape index (κ3) is 3.52. The maximum absolute atomic E-state index is 14.3. The molecule has 0 aliphatic heterocycles. The molecular formula is C38H21F2NO2. The van der Waals surface area contributed by atoms with Gasteiger partial charge in [0.05, 0.1) is 17.1 Å². The first-order chi connectivity index (χ1) is 21.1. The molecule has 0 atom stereocenters. The number of rotatable bonds is 3. The number of anilines is 3. The van der Waals surface area contributed by atoms with Crippen molar-refractivity contribution in [3.63, 3.8) is 0 Å². The summed E-state index contributed by atoms with van der Waals surface area (Å²) < 4.78 is 41.4. The Kier molecular flexibility index (Phi) is 4.97. The zero-order valence-electron chi connectivity index (χ0n) is 22.6. The Balaban J connectivity index is 1.45. The molecule has 9 rings (SSSR count). The van der Waals surface area contributed by atoms with E-state index in [-0.39, 0.29) is 11.6 Å². The topological polar surface area (TPSA) is 29.5 Å². The number of hydrogen-bond acceptors (Lipinski definition) is 3. The monoisotopic (exact) mass is 561 g/mol. The summed E-state index contributed by atoms with van der Waals surface area (Å²) in [6.07, 6.45) is 0. The molecule has 2 aromatic heterocycles. The number of fused-ring (bicyclic) bond motifs is 9. The van der Waals surface area contributed by atoms with Crippen LogP contribution in [0.25, 0.3) is 65.4 Å². The molecule has 0 aliphatic rings. The molecule has 0 fully saturated rings. The lowest BCUT2D eigenvalue weighted by Gasteiger charge is -2.27. The van der Waals surface area contributed by atoms with Crippen LogP contribution < -0.4 is 4.90 Å². The smallest absolute Gasteiger partial charge is 0.159 e. The number of benzene rings is 7. The maximum atomic E-state index is 14.3. The van der Waals surface area contributed by atoms with Crippen molar-refractivity contribution in [3.8, 4) is 0 Å². The van der Waals surface area contributed by atoms with Crippen LogP contribution in [0.2, 0.25) is 0 Å². The Bertz CT molecular complexity index is 2440. The third-order valence-electron chi connectivity index (χ3n) is 8.35. The minimum Gasteiger partial charge on any atom is -0.454 e. The second-order valence-corrected chi connectivity index (χ2v) is 10.8. The van der Waals surface area contributed by atoms with E-state index in [1.54, 1.807) is 12.1 Å². The van der Waals surface area contributed by atoms with Gasteiger partial charge in [-0.3, -0.25) is 0 Å². The van der Waals surface area contributed by atoms with Crippen LogP contribution in [0.15, 0.2) is 136 Å². The first-order valence-electron chi connectivity index (χ1n) is 14.1. The Morgan fingerprint density at radius 3 is 1.51 bits per heavy atom. The number of furan rings is 2. The highest BCUT2D eigenvalue weighted by Crippen LogP contribution is 2.48. The molecule has 0 unspecified atom stereocenters. The van der Waals surface area contributed by atoms with Gasteiger partial charge in [0.15, 0.2) is 11.2 Å². The second-order valence-electron chi connectivity index (χ2n) is 10.8. The van der Waals surface area contributed by atoms with Gasteiger partial charge in [0.25, 0.3) is 0 Å². The molecule has 0 saturated heterocycles. The average molecular weight is 562 g/mol. The van der Waals surface area contributed by atoms with E-state index in [2.05, 4.69) is 41.3 Å². The van der Waals surface area contributed by atoms with Crippen LogP contribution in [0.3, 0.4) is 0 Å². The van der Waals surface area contributed by atoms with Gasteiger partial charge in [0, 0.05) is 39.1 Å². The van der Waals surface area contributed by atoms with Gasteiger partial charge in [-0.25, -0.2) is 8.78 Å². The van der Waals surface area contributed by atoms with Crippen LogP contribution in [0, 0.1) is 11.6 Å². The molecule has 0 spiro atoms. The van der Waals surface area contributed by atoms with E-state index in [9.17, 15) is 8.78 Å². The van der Waals surface area contributed by atoms with Crippen molar-refractivity contribution < 1.29 is 17.6 Å². The van der Waals surface area contributed by atoms with Crippen molar-refractivity contribution in [1.82, 2.24) is 0 Å². The minimum absolute atomic E-state index is 0.357. The van der Waals surface area contributed by atoms with Crippen molar-refractivity contribution in [2.45, 2.75) is 0 Å². The predicted octanol–water partition coefficient (Wildman–Crippen LogP) is 11.5. The summed E-state index contributed by atoms with van der Waals surface area (Å²) in [5, 5.41) is 7.80. The van der Waals surface area contributed by atoms with Crippen LogP contribution >= 0.6 is 0 Å². The van der Waals surface area contributed by atoms with E-state index in [1.165, 1.54) is 24.3 Å². The zero-order chi connectivity index (χ0) is 28.7. The molecule has 9 aromatic rings. The van der Waals surface area contributed by atoms with Crippen molar-refractivity contribution in [2.24, 2.45) is 0 Å². The SMILES string of the molecule is Fc1ccc2c(c1)oc1c(N(c3cc4ccccc4c4ccccc34)c3cccc4c3oc3cc(F)ccc34)cccc12. The lowest BCUT2D eigenvalue weighted by Crippen LogP contribution is -2.11. The Labute approximate surface area is 243 Å². The molecule has 3 nitrogen and oxygen atoms in total. The van der Waals surface area contributed by atoms with Crippen molar-refractivity contribution in [1.29, 1.82) is 0 Å². The summed E-state index contributed by atoms with van der Waals surface area (Å²) in [7, 11) is 0. The minimum atomic E-state index is -0.357. The molecule has 0 saturated carbocycles. The van der Waals surface area contributed by atoms with Crippen LogP contribution in [0.5, 0.6) is 0 Å². The van der Waals surface area contributed by atoms with E-state index in [0.29, 0.717) is 22.3 Å². The van der Waals surface area contributed by atoms with E-state index >= 15 is 0 Å². The summed E-state index contributed by atoms with van der Waals surface area (Å²) in [6.45, 7) is 0. The van der Waals surface area contributed by atoms with Gasteiger partial charge < -0.3 is 13.7 Å². The van der Waals surface area contributed by atoms with Gasteiger partial charge in [0.1, 0.15) is 22.8 Å². The van der Waals surface area contributed by atoms with Crippen LogP contribution in [-0.4, -0.2) is 0 Å². The molecule has 5 heteroatoms. The first kappa shape index (κ1) is 24.0. The van der Waals surface area contributed by atoms with E-state index in [4.69, 9.17) is 8.83 Å². The van der Waals surface area contributed by atoms with Crippen LogP contribution in [0.1, 0.15) is 0 Å². The summed E-state index contributed by atoms with van der Waals surface area (Å²) in [6, 6.07) is 40.1. The molecule has 0 aliphatic carbocycles. The lowest BCUT2D eigenvalue weighted by molar-refractivity contribution is 0.618. The lowest BCUT2D eigenvalue weighted by atomic mass is 9.98.